The molecule has 1 aliphatic rings. The molecule has 1 aliphatic carbocycles. The van der Waals surface area contributed by atoms with Crippen molar-refractivity contribution >= 4 is 27.3 Å². The van der Waals surface area contributed by atoms with E-state index in [0.29, 0.717) is 6.42 Å². The highest BCUT2D eigenvalue weighted by Crippen LogP contribution is 2.45. The van der Waals surface area contributed by atoms with Gasteiger partial charge in [-0.15, -0.1) is 11.3 Å². The largest absolute Gasteiger partial charge is 0.391 e. The van der Waals surface area contributed by atoms with Crippen LogP contribution in [-0.2, 0) is 0 Å². The van der Waals surface area contributed by atoms with E-state index in [4.69, 9.17) is 0 Å². The first-order valence-electron chi connectivity index (χ1n) is 6.40. The third-order valence-electron chi connectivity index (χ3n) is 3.89. The number of hydrogen-bond donors (Lipinski definition) is 1. The van der Waals surface area contributed by atoms with Gasteiger partial charge in [-0.05, 0) is 59.6 Å². The second-order valence-electron chi connectivity index (χ2n) is 5.06. The molecule has 1 aromatic rings. The average Bonchev–Trinajstić information content (AvgIpc) is 2.76. The number of alkyl halides is 3. The number of halogens is 4. The van der Waals surface area contributed by atoms with E-state index in [1.165, 1.54) is 0 Å². The smallest absolute Gasteiger partial charge is 0.312 e. The zero-order valence-electron chi connectivity index (χ0n) is 10.6. The van der Waals surface area contributed by atoms with Crippen LogP contribution in [-0.4, -0.2) is 13.2 Å². The molecule has 19 heavy (non-hydrogen) atoms. The van der Waals surface area contributed by atoms with Crippen LogP contribution in [0.25, 0.3) is 0 Å². The van der Waals surface area contributed by atoms with Gasteiger partial charge >= 0.3 is 6.18 Å². The summed E-state index contributed by atoms with van der Waals surface area (Å²) in [7, 11) is 1.83. The molecule has 6 heteroatoms. The maximum atomic E-state index is 12.9. The van der Waals surface area contributed by atoms with Gasteiger partial charge in [-0.2, -0.15) is 13.2 Å². The Morgan fingerprint density at radius 1 is 1.42 bits per heavy atom. The molecule has 1 nitrogen and oxygen atoms in total. The van der Waals surface area contributed by atoms with Gasteiger partial charge in [-0.1, -0.05) is 6.42 Å². The SMILES string of the molecule is CNC(c1sccc1Br)C1CCCC(C(F)(F)F)C1. The minimum atomic E-state index is -4.05. The van der Waals surface area contributed by atoms with Crippen LogP contribution in [0.3, 0.4) is 0 Å². The van der Waals surface area contributed by atoms with Crippen LogP contribution >= 0.6 is 27.3 Å². The van der Waals surface area contributed by atoms with Crippen molar-refractivity contribution in [2.45, 2.75) is 37.9 Å². The number of thiophene rings is 1. The Hall–Kier alpha value is -0.0700. The molecule has 0 aliphatic heterocycles. The Morgan fingerprint density at radius 2 is 2.16 bits per heavy atom. The van der Waals surface area contributed by atoms with Gasteiger partial charge < -0.3 is 5.32 Å². The summed E-state index contributed by atoms with van der Waals surface area (Å²) in [5.41, 5.74) is 0. The summed E-state index contributed by atoms with van der Waals surface area (Å²) in [6, 6.07) is 1.97. The second kappa shape index (κ2) is 6.14. The van der Waals surface area contributed by atoms with Crippen LogP contribution in [0.5, 0.6) is 0 Å². The predicted molar refractivity (Wildman–Crippen MR) is 75.3 cm³/mol. The van der Waals surface area contributed by atoms with Gasteiger partial charge in [-0.25, -0.2) is 0 Å². The molecule has 0 saturated heterocycles. The van der Waals surface area contributed by atoms with Gasteiger partial charge in [-0.3, -0.25) is 0 Å². The van der Waals surface area contributed by atoms with Gasteiger partial charge in [0.1, 0.15) is 0 Å². The Morgan fingerprint density at radius 3 is 2.68 bits per heavy atom. The van der Waals surface area contributed by atoms with Crippen LogP contribution in [0.15, 0.2) is 15.9 Å². The van der Waals surface area contributed by atoms with Crippen molar-refractivity contribution in [2.24, 2.45) is 11.8 Å². The topological polar surface area (TPSA) is 12.0 Å². The van der Waals surface area contributed by atoms with E-state index in [0.717, 1.165) is 15.8 Å². The molecule has 1 fully saturated rings. The molecule has 1 saturated carbocycles. The van der Waals surface area contributed by atoms with Gasteiger partial charge in [0.15, 0.2) is 0 Å². The summed E-state index contributed by atoms with van der Waals surface area (Å²) < 4.78 is 39.6. The summed E-state index contributed by atoms with van der Waals surface area (Å²) >= 11 is 5.07. The van der Waals surface area contributed by atoms with Crippen LogP contribution in [0.1, 0.15) is 36.6 Å². The molecule has 0 spiro atoms. The Kier molecular flexibility index (Phi) is 4.95. The van der Waals surface area contributed by atoms with Crippen molar-refractivity contribution in [1.82, 2.24) is 5.32 Å². The maximum absolute atomic E-state index is 12.9. The fourth-order valence-electron chi connectivity index (χ4n) is 2.94. The minimum Gasteiger partial charge on any atom is -0.312 e. The molecule has 2 rings (SSSR count). The van der Waals surface area contributed by atoms with Crippen molar-refractivity contribution in [2.75, 3.05) is 7.05 Å². The number of rotatable bonds is 3. The monoisotopic (exact) mass is 355 g/mol. The lowest BCUT2D eigenvalue weighted by Gasteiger charge is -2.35. The first-order chi connectivity index (χ1) is 8.93. The lowest BCUT2D eigenvalue weighted by Crippen LogP contribution is -2.34. The highest BCUT2D eigenvalue weighted by atomic mass is 79.9. The van der Waals surface area contributed by atoms with E-state index in [1.807, 2.05) is 18.5 Å². The lowest BCUT2D eigenvalue weighted by molar-refractivity contribution is -0.186. The summed E-state index contributed by atoms with van der Waals surface area (Å²) in [4.78, 5) is 1.11. The lowest BCUT2D eigenvalue weighted by atomic mass is 9.77. The molecule has 3 unspecified atom stereocenters. The van der Waals surface area contributed by atoms with E-state index in [9.17, 15) is 13.2 Å². The van der Waals surface area contributed by atoms with Crippen molar-refractivity contribution in [3.63, 3.8) is 0 Å². The first-order valence-corrected chi connectivity index (χ1v) is 8.07. The standard InChI is InChI=1S/C13H17BrF3NS/c1-18-11(12-10(14)5-6-19-12)8-3-2-4-9(7-8)13(15,16)17/h5-6,8-9,11,18H,2-4,7H2,1H3. The fraction of sp³-hybridized carbons (Fsp3) is 0.692. The molecule has 0 aromatic carbocycles. The fourth-order valence-corrected chi connectivity index (χ4v) is 4.76. The molecule has 0 amide bonds. The third-order valence-corrected chi connectivity index (χ3v) is 5.84. The van der Waals surface area contributed by atoms with Gasteiger partial charge in [0.2, 0.25) is 0 Å². The quantitative estimate of drug-likeness (QED) is 0.791. The molecule has 0 bridgehead atoms. The van der Waals surface area contributed by atoms with Crippen molar-refractivity contribution in [3.8, 4) is 0 Å². The highest BCUT2D eigenvalue weighted by molar-refractivity contribution is 9.10. The number of hydrogen-bond acceptors (Lipinski definition) is 2. The first kappa shape index (κ1) is 15.3. The summed E-state index contributed by atoms with van der Waals surface area (Å²) in [6.07, 6.45) is -2.01. The predicted octanol–water partition coefficient (Wildman–Crippen LogP) is 5.14. The molecular formula is C13H17BrF3NS. The van der Waals surface area contributed by atoms with Gasteiger partial charge in [0, 0.05) is 15.4 Å². The Bertz CT molecular complexity index is 418. The molecule has 108 valence electrons. The van der Waals surface area contributed by atoms with Crippen LogP contribution in [0.4, 0.5) is 13.2 Å². The van der Waals surface area contributed by atoms with E-state index >= 15 is 0 Å². The van der Waals surface area contributed by atoms with E-state index in [-0.39, 0.29) is 24.8 Å². The van der Waals surface area contributed by atoms with Crippen molar-refractivity contribution in [3.05, 3.63) is 20.8 Å². The van der Waals surface area contributed by atoms with Gasteiger partial charge in [0.05, 0.1) is 5.92 Å². The number of nitrogens with one attached hydrogen (secondary N) is 1. The zero-order valence-corrected chi connectivity index (χ0v) is 13.0. The molecule has 1 aromatic heterocycles. The zero-order chi connectivity index (χ0) is 14.0. The normalized spacial score (nSPS) is 26.4. The molecule has 1 heterocycles. The Labute approximate surface area is 123 Å². The molecule has 1 N–H and O–H groups in total. The Balaban J connectivity index is 2.13. The van der Waals surface area contributed by atoms with E-state index in [2.05, 4.69) is 21.2 Å². The minimum absolute atomic E-state index is 0.0134. The van der Waals surface area contributed by atoms with Gasteiger partial charge in [0.25, 0.3) is 0 Å². The van der Waals surface area contributed by atoms with Crippen molar-refractivity contribution in [1.29, 1.82) is 0 Å². The van der Waals surface area contributed by atoms with Crippen LogP contribution < -0.4 is 5.32 Å². The summed E-state index contributed by atoms with van der Waals surface area (Å²) in [5, 5.41) is 5.17. The van der Waals surface area contributed by atoms with Crippen LogP contribution in [0, 0.1) is 11.8 Å². The van der Waals surface area contributed by atoms with E-state index in [1.54, 1.807) is 11.3 Å². The summed E-state index contributed by atoms with van der Waals surface area (Å²) in [5.74, 6) is -1.08. The molecular weight excluding hydrogens is 339 g/mol. The third kappa shape index (κ3) is 3.52. The maximum Gasteiger partial charge on any atom is 0.391 e. The summed E-state index contributed by atoms with van der Waals surface area (Å²) in [6.45, 7) is 0. The molecule has 0 radical (unpaired) electrons. The highest BCUT2D eigenvalue weighted by Gasteiger charge is 2.43. The average molecular weight is 356 g/mol. The van der Waals surface area contributed by atoms with Crippen LogP contribution in [0.2, 0.25) is 0 Å². The van der Waals surface area contributed by atoms with E-state index < -0.39 is 12.1 Å². The van der Waals surface area contributed by atoms with Crippen molar-refractivity contribution < 1.29 is 13.2 Å². The second-order valence-corrected chi connectivity index (χ2v) is 6.87. The molecule has 3 atom stereocenters.